The maximum absolute atomic E-state index is 13.6. The Bertz CT molecular complexity index is 548. The molecule has 0 aliphatic carbocycles. The van der Waals surface area contributed by atoms with Gasteiger partial charge >= 0.3 is 0 Å². The van der Waals surface area contributed by atoms with Crippen molar-refractivity contribution in [3.05, 3.63) is 71.0 Å². The van der Waals surface area contributed by atoms with Gasteiger partial charge in [0.05, 0.1) is 0 Å². The third kappa shape index (κ3) is 3.91. The lowest BCUT2D eigenvalue weighted by atomic mass is 10.0. The third-order valence-electron chi connectivity index (χ3n) is 3.60. The van der Waals surface area contributed by atoms with E-state index in [2.05, 4.69) is 50.4 Å². The van der Waals surface area contributed by atoms with E-state index < -0.39 is 0 Å². The van der Waals surface area contributed by atoms with Crippen molar-refractivity contribution in [2.24, 2.45) is 0 Å². The van der Waals surface area contributed by atoms with Crippen LogP contribution in [0.5, 0.6) is 0 Å². The first kappa shape index (κ1) is 14.7. The van der Waals surface area contributed by atoms with Gasteiger partial charge in [-0.1, -0.05) is 48.0 Å². The summed E-state index contributed by atoms with van der Waals surface area (Å²) in [5.74, 6) is -0.121. The van der Waals surface area contributed by atoms with Gasteiger partial charge in [-0.25, -0.2) is 4.39 Å². The Morgan fingerprint density at radius 1 is 1.00 bits per heavy atom. The van der Waals surface area contributed by atoms with Crippen molar-refractivity contribution in [3.8, 4) is 0 Å². The minimum atomic E-state index is -0.121. The van der Waals surface area contributed by atoms with E-state index in [0.29, 0.717) is 6.42 Å². The third-order valence-corrected chi connectivity index (χ3v) is 3.60. The highest BCUT2D eigenvalue weighted by Crippen LogP contribution is 2.15. The van der Waals surface area contributed by atoms with E-state index in [0.717, 1.165) is 5.56 Å². The summed E-state index contributed by atoms with van der Waals surface area (Å²) < 4.78 is 13.6. The number of benzene rings is 2. The van der Waals surface area contributed by atoms with Crippen molar-refractivity contribution < 1.29 is 4.39 Å². The number of halogens is 1. The molecule has 2 aromatic carbocycles. The van der Waals surface area contributed by atoms with Crippen molar-refractivity contribution in [3.63, 3.8) is 0 Å². The van der Waals surface area contributed by atoms with E-state index in [9.17, 15) is 4.39 Å². The smallest absolute Gasteiger partial charge is 0.126 e. The second-order valence-corrected chi connectivity index (χ2v) is 5.50. The van der Waals surface area contributed by atoms with E-state index in [4.69, 9.17) is 0 Å². The number of nitrogens with one attached hydrogen (secondary N) is 1. The van der Waals surface area contributed by atoms with Crippen LogP contribution in [-0.4, -0.2) is 6.04 Å². The largest absolute Gasteiger partial charge is 0.307 e. The van der Waals surface area contributed by atoms with Gasteiger partial charge in [-0.15, -0.1) is 0 Å². The van der Waals surface area contributed by atoms with Gasteiger partial charge in [0, 0.05) is 12.1 Å². The predicted molar refractivity (Wildman–Crippen MR) is 82.3 cm³/mol. The summed E-state index contributed by atoms with van der Waals surface area (Å²) in [5.41, 5.74) is 3.29. The molecule has 2 rings (SSSR count). The zero-order valence-corrected chi connectivity index (χ0v) is 12.4. The molecule has 2 aromatic rings. The Hall–Kier alpha value is -1.67. The lowest BCUT2D eigenvalue weighted by molar-refractivity contribution is 0.469. The Labute approximate surface area is 120 Å². The Balaban J connectivity index is 1.96. The molecule has 0 spiro atoms. The van der Waals surface area contributed by atoms with Crippen molar-refractivity contribution in [1.82, 2.24) is 5.32 Å². The molecule has 0 aliphatic rings. The number of rotatable bonds is 5. The summed E-state index contributed by atoms with van der Waals surface area (Å²) in [6, 6.07) is 16.0. The van der Waals surface area contributed by atoms with Gasteiger partial charge in [0.25, 0.3) is 0 Å². The molecule has 106 valence electrons. The van der Waals surface area contributed by atoms with Gasteiger partial charge in [0.1, 0.15) is 5.82 Å². The summed E-state index contributed by atoms with van der Waals surface area (Å²) >= 11 is 0. The summed E-state index contributed by atoms with van der Waals surface area (Å²) in [4.78, 5) is 0. The van der Waals surface area contributed by atoms with Gasteiger partial charge in [-0.3, -0.25) is 0 Å². The van der Waals surface area contributed by atoms with Crippen LogP contribution in [0.3, 0.4) is 0 Å². The van der Waals surface area contributed by atoms with Gasteiger partial charge in [0.2, 0.25) is 0 Å². The first-order valence-corrected chi connectivity index (χ1v) is 7.12. The molecule has 0 aromatic heterocycles. The van der Waals surface area contributed by atoms with Crippen LogP contribution in [0.25, 0.3) is 0 Å². The zero-order valence-electron chi connectivity index (χ0n) is 12.4. The van der Waals surface area contributed by atoms with Crippen LogP contribution in [-0.2, 0) is 6.42 Å². The highest BCUT2D eigenvalue weighted by atomic mass is 19.1. The lowest BCUT2D eigenvalue weighted by Crippen LogP contribution is -2.31. The minimum Gasteiger partial charge on any atom is -0.307 e. The van der Waals surface area contributed by atoms with Crippen molar-refractivity contribution in [2.75, 3.05) is 0 Å². The molecule has 0 bridgehead atoms. The van der Waals surface area contributed by atoms with Gasteiger partial charge in [-0.2, -0.15) is 0 Å². The van der Waals surface area contributed by atoms with E-state index in [1.807, 2.05) is 12.1 Å². The molecular formula is C18H22FN. The Morgan fingerprint density at radius 2 is 1.65 bits per heavy atom. The van der Waals surface area contributed by atoms with E-state index in [-0.39, 0.29) is 17.9 Å². The van der Waals surface area contributed by atoms with E-state index in [1.54, 1.807) is 6.07 Å². The molecule has 0 saturated carbocycles. The SMILES string of the molecule is Cc1ccc(C(C)NC(C)Cc2ccccc2F)cc1. The monoisotopic (exact) mass is 271 g/mol. The maximum Gasteiger partial charge on any atom is 0.126 e. The molecule has 0 saturated heterocycles. The molecule has 1 N–H and O–H groups in total. The second-order valence-electron chi connectivity index (χ2n) is 5.50. The average molecular weight is 271 g/mol. The Morgan fingerprint density at radius 3 is 2.30 bits per heavy atom. The van der Waals surface area contributed by atoms with E-state index in [1.165, 1.54) is 17.2 Å². The molecule has 0 fully saturated rings. The normalized spacial score (nSPS) is 14.0. The summed E-state index contributed by atoms with van der Waals surface area (Å²) in [6.45, 7) is 6.32. The topological polar surface area (TPSA) is 12.0 Å². The number of aryl methyl sites for hydroxylation is 1. The molecule has 2 unspecified atom stereocenters. The first-order chi connectivity index (χ1) is 9.56. The summed E-state index contributed by atoms with van der Waals surface area (Å²) in [7, 11) is 0. The molecule has 0 radical (unpaired) electrons. The molecule has 0 heterocycles. The first-order valence-electron chi connectivity index (χ1n) is 7.12. The molecule has 2 heteroatoms. The van der Waals surface area contributed by atoms with Crippen molar-refractivity contribution in [1.29, 1.82) is 0 Å². The Kier molecular flexibility index (Phi) is 4.91. The molecule has 0 amide bonds. The second kappa shape index (κ2) is 6.67. The van der Waals surface area contributed by atoms with Crippen LogP contribution in [0, 0.1) is 12.7 Å². The van der Waals surface area contributed by atoms with Crippen LogP contribution in [0.2, 0.25) is 0 Å². The number of hydrogen-bond donors (Lipinski definition) is 1. The molecule has 0 aliphatic heterocycles. The fourth-order valence-corrected chi connectivity index (χ4v) is 2.43. The van der Waals surface area contributed by atoms with Crippen molar-refractivity contribution >= 4 is 0 Å². The molecular weight excluding hydrogens is 249 g/mol. The minimum absolute atomic E-state index is 0.121. The summed E-state index contributed by atoms with van der Waals surface area (Å²) in [5, 5.41) is 3.52. The standard InChI is InChI=1S/C18H22FN/c1-13-8-10-16(11-9-13)15(3)20-14(2)12-17-6-4-5-7-18(17)19/h4-11,14-15,20H,12H2,1-3H3. The zero-order chi connectivity index (χ0) is 14.5. The van der Waals surface area contributed by atoms with Crippen LogP contribution >= 0.6 is 0 Å². The highest BCUT2D eigenvalue weighted by molar-refractivity contribution is 5.24. The van der Waals surface area contributed by atoms with Crippen LogP contribution < -0.4 is 5.32 Å². The van der Waals surface area contributed by atoms with Gasteiger partial charge in [0.15, 0.2) is 0 Å². The average Bonchev–Trinajstić information content (AvgIpc) is 2.42. The lowest BCUT2D eigenvalue weighted by Gasteiger charge is -2.21. The van der Waals surface area contributed by atoms with Gasteiger partial charge < -0.3 is 5.32 Å². The molecule has 1 nitrogen and oxygen atoms in total. The summed E-state index contributed by atoms with van der Waals surface area (Å²) in [6.07, 6.45) is 0.697. The number of hydrogen-bond acceptors (Lipinski definition) is 1. The van der Waals surface area contributed by atoms with E-state index >= 15 is 0 Å². The van der Waals surface area contributed by atoms with Crippen LogP contribution in [0.1, 0.15) is 36.6 Å². The highest BCUT2D eigenvalue weighted by Gasteiger charge is 2.11. The fourth-order valence-electron chi connectivity index (χ4n) is 2.43. The predicted octanol–water partition coefficient (Wildman–Crippen LogP) is 4.42. The molecule has 20 heavy (non-hydrogen) atoms. The van der Waals surface area contributed by atoms with Crippen LogP contribution in [0.4, 0.5) is 4.39 Å². The van der Waals surface area contributed by atoms with Crippen LogP contribution in [0.15, 0.2) is 48.5 Å². The van der Waals surface area contributed by atoms with Crippen molar-refractivity contribution in [2.45, 2.75) is 39.3 Å². The van der Waals surface area contributed by atoms with Gasteiger partial charge in [-0.05, 0) is 44.4 Å². The maximum atomic E-state index is 13.6. The quantitative estimate of drug-likeness (QED) is 0.849. The fraction of sp³-hybridized carbons (Fsp3) is 0.333. The molecule has 2 atom stereocenters.